The van der Waals surface area contributed by atoms with E-state index in [0.717, 1.165) is 71.4 Å². The Morgan fingerprint density at radius 1 is 1.04 bits per heavy atom. The molecule has 6 nitrogen and oxygen atoms in total. The third kappa shape index (κ3) is 4.37. The van der Waals surface area contributed by atoms with Crippen LogP contribution in [0.5, 0.6) is 0 Å². The first kappa shape index (κ1) is 16.6. The minimum Gasteiger partial charge on any atom is -0.356 e. The van der Waals surface area contributed by atoms with E-state index in [-0.39, 0.29) is 17.9 Å². The van der Waals surface area contributed by atoms with Crippen molar-refractivity contribution in [2.24, 2.45) is 11.8 Å². The molecular weight excluding hydrogens is 292 g/mol. The van der Waals surface area contributed by atoms with Crippen molar-refractivity contribution in [1.29, 1.82) is 0 Å². The van der Waals surface area contributed by atoms with Crippen LogP contribution in [-0.2, 0) is 4.79 Å². The average Bonchev–Trinajstić information content (AvgIpc) is 3.28. The lowest BCUT2D eigenvalue weighted by Gasteiger charge is -2.34. The average molecular weight is 322 g/mol. The van der Waals surface area contributed by atoms with Crippen LogP contribution in [0, 0.1) is 11.8 Å². The molecule has 0 radical (unpaired) electrons. The Morgan fingerprint density at radius 2 is 1.83 bits per heavy atom. The molecule has 3 aliphatic heterocycles. The maximum Gasteiger partial charge on any atom is 0.320 e. The summed E-state index contributed by atoms with van der Waals surface area (Å²) in [7, 11) is 0. The molecule has 2 atom stereocenters. The standard InChI is InChI=1S/C17H30N4O2/c22-16(19-8-6-14-5-7-18-12-14)15-4-3-11-21(13-15)17(23)20-9-1-2-10-20/h14-15,18H,1-13H2,(H,19,22). The van der Waals surface area contributed by atoms with Crippen molar-refractivity contribution in [3.8, 4) is 0 Å². The Labute approximate surface area is 139 Å². The van der Waals surface area contributed by atoms with Gasteiger partial charge in [-0.1, -0.05) is 0 Å². The second kappa shape index (κ2) is 7.99. The molecule has 2 unspecified atom stereocenters. The number of piperidine rings is 1. The zero-order chi connectivity index (χ0) is 16.1. The smallest absolute Gasteiger partial charge is 0.320 e. The molecule has 0 aromatic heterocycles. The summed E-state index contributed by atoms with van der Waals surface area (Å²) in [6.07, 6.45) is 6.34. The number of hydrogen-bond acceptors (Lipinski definition) is 3. The SMILES string of the molecule is O=C(NCCC1CCNC1)C1CCCN(C(=O)N2CCCC2)C1. The van der Waals surface area contributed by atoms with E-state index in [2.05, 4.69) is 10.6 Å². The van der Waals surface area contributed by atoms with Crippen molar-refractivity contribution in [3.05, 3.63) is 0 Å². The third-order valence-electron chi connectivity index (χ3n) is 5.45. The topological polar surface area (TPSA) is 64.7 Å². The molecular formula is C17H30N4O2. The van der Waals surface area contributed by atoms with Gasteiger partial charge in [-0.15, -0.1) is 0 Å². The minimum absolute atomic E-state index is 0.0305. The lowest BCUT2D eigenvalue weighted by atomic mass is 9.97. The van der Waals surface area contributed by atoms with Gasteiger partial charge < -0.3 is 20.4 Å². The Kier molecular flexibility index (Phi) is 5.75. The first-order valence-corrected chi connectivity index (χ1v) is 9.26. The summed E-state index contributed by atoms with van der Waals surface area (Å²) in [4.78, 5) is 28.7. The summed E-state index contributed by atoms with van der Waals surface area (Å²) in [6, 6.07) is 0.136. The van der Waals surface area contributed by atoms with Gasteiger partial charge in [0.15, 0.2) is 0 Å². The fourth-order valence-corrected chi connectivity index (χ4v) is 3.98. The van der Waals surface area contributed by atoms with E-state index >= 15 is 0 Å². The number of likely N-dealkylation sites (tertiary alicyclic amines) is 2. The molecule has 23 heavy (non-hydrogen) atoms. The van der Waals surface area contributed by atoms with Gasteiger partial charge in [-0.25, -0.2) is 4.79 Å². The molecule has 6 heteroatoms. The van der Waals surface area contributed by atoms with Crippen LogP contribution in [0.25, 0.3) is 0 Å². The third-order valence-corrected chi connectivity index (χ3v) is 5.45. The van der Waals surface area contributed by atoms with Crippen LogP contribution in [-0.4, -0.2) is 67.6 Å². The number of rotatable bonds is 4. The molecule has 3 heterocycles. The van der Waals surface area contributed by atoms with Crippen LogP contribution >= 0.6 is 0 Å². The molecule has 3 saturated heterocycles. The molecule has 0 aromatic rings. The summed E-state index contributed by atoms with van der Waals surface area (Å²) < 4.78 is 0. The number of carbonyl (C=O) groups excluding carboxylic acids is 2. The number of nitrogens with one attached hydrogen (secondary N) is 2. The number of urea groups is 1. The van der Waals surface area contributed by atoms with Gasteiger partial charge in [0.2, 0.25) is 5.91 Å². The number of carbonyl (C=O) groups is 2. The summed E-state index contributed by atoms with van der Waals surface area (Å²) in [5.74, 6) is 0.807. The van der Waals surface area contributed by atoms with Crippen LogP contribution in [0.2, 0.25) is 0 Å². The molecule has 0 aliphatic carbocycles. The molecule has 130 valence electrons. The Bertz CT molecular complexity index is 417. The van der Waals surface area contributed by atoms with Crippen molar-refractivity contribution in [3.63, 3.8) is 0 Å². The first-order chi connectivity index (χ1) is 11.2. The lowest BCUT2D eigenvalue weighted by molar-refractivity contribution is -0.126. The predicted octanol–water partition coefficient (Wildman–Crippen LogP) is 1.03. The molecule has 0 saturated carbocycles. The molecule has 0 bridgehead atoms. The highest BCUT2D eigenvalue weighted by molar-refractivity contribution is 5.81. The fraction of sp³-hybridized carbons (Fsp3) is 0.882. The van der Waals surface area contributed by atoms with E-state index in [1.54, 1.807) is 0 Å². The van der Waals surface area contributed by atoms with Crippen LogP contribution in [0.1, 0.15) is 38.5 Å². The molecule has 3 aliphatic rings. The fourth-order valence-electron chi connectivity index (χ4n) is 3.98. The highest BCUT2D eigenvalue weighted by Crippen LogP contribution is 2.20. The van der Waals surface area contributed by atoms with Crippen LogP contribution in [0.3, 0.4) is 0 Å². The van der Waals surface area contributed by atoms with Crippen LogP contribution in [0.15, 0.2) is 0 Å². The van der Waals surface area contributed by atoms with Crippen molar-refractivity contribution < 1.29 is 9.59 Å². The Balaban J connectivity index is 1.41. The largest absolute Gasteiger partial charge is 0.356 e. The molecule has 0 spiro atoms. The Hall–Kier alpha value is -1.30. The maximum atomic E-state index is 12.5. The number of nitrogens with zero attached hydrogens (tertiary/aromatic N) is 2. The summed E-state index contributed by atoms with van der Waals surface area (Å²) in [5.41, 5.74) is 0. The van der Waals surface area contributed by atoms with E-state index in [1.165, 1.54) is 6.42 Å². The van der Waals surface area contributed by atoms with Gasteiger partial charge in [0.05, 0.1) is 5.92 Å². The van der Waals surface area contributed by atoms with Gasteiger partial charge in [-0.05, 0) is 57.5 Å². The Morgan fingerprint density at radius 3 is 2.57 bits per heavy atom. The number of amides is 3. The predicted molar refractivity (Wildman–Crippen MR) is 89.1 cm³/mol. The van der Waals surface area contributed by atoms with Gasteiger partial charge in [-0.3, -0.25) is 4.79 Å². The summed E-state index contributed by atoms with van der Waals surface area (Å²) >= 11 is 0. The second-order valence-corrected chi connectivity index (χ2v) is 7.20. The number of hydrogen-bond donors (Lipinski definition) is 2. The minimum atomic E-state index is -0.0305. The van der Waals surface area contributed by atoms with E-state index in [9.17, 15) is 9.59 Å². The molecule has 3 amide bonds. The van der Waals surface area contributed by atoms with Crippen molar-refractivity contribution in [2.45, 2.75) is 38.5 Å². The zero-order valence-electron chi connectivity index (χ0n) is 14.1. The molecule has 0 aromatic carbocycles. The van der Waals surface area contributed by atoms with E-state index in [1.807, 2.05) is 9.80 Å². The normalized spacial score (nSPS) is 28.2. The second-order valence-electron chi connectivity index (χ2n) is 7.20. The summed E-state index contributed by atoms with van der Waals surface area (Å²) in [5, 5.41) is 6.45. The zero-order valence-corrected chi connectivity index (χ0v) is 14.1. The van der Waals surface area contributed by atoms with Gasteiger partial charge in [0.1, 0.15) is 0 Å². The van der Waals surface area contributed by atoms with Crippen LogP contribution in [0.4, 0.5) is 4.79 Å². The van der Waals surface area contributed by atoms with Crippen molar-refractivity contribution in [1.82, 2.24) is 20.4 Å². The molecule has 2 N–H and O–H groups in total. The summed E-state index contributed by atoms with van der Waals surface area (Å²) in [6.45, 7) is 6.09. The van der Waals surface area contributed by atoms with E-state index in [4.69, 9.17) is 0 Å². The van der Waals surface area contributed by atoms with Crippen molar-refractivity contribution >= 4 is 11.9 Å². The van der Waals surface area contributed by atoms with Crippen molar-refractivity contribution in [2.75, 3.05) is 45.8 Å². The van der Waals surface area contributed by atoms with Gasteiger partial charge in [-0.2, -0.15) is 0 Å². The molecule has 3 fully saturated rings. The van der Waals surface area contributed by atoms with Gasteiger partial charge in [0.25, 0.3) is 0 Å². The maximum absolute atomic E-state index is 12.5. The monoisotopic (exact) mass is 322 g/mol. The van der Waals surface area contributed by atoms with Gasteiger partial charge in [0, 0.05) is 32.7 Å². The van der Waals surface area contributed by atoms with E-state index < -0.39 is 0 Å². The van der Waals surface area contributed by atoms with E-state index in [0.29, 0.717) is 12.5 Å². The highest BCUT2D eigenvalue weighted by Gasteiger charge is 2.31. The highest BCUT2D eigenvalue weighted by atomic mass is 16.2. The van der Waals surface area contributed by atoms with Crippen LogP contribution < -0.4 is 10.6 Å². The first-order valence-electron chi connectivity index (χ1n) is 9.26. The van der Waals surface area contributed by atoms with Gasteiger partial charge >= 0.3 is 6.03 Å². The quantitative estimate of drug-likeness (QED) is 0.812. The lowest BCUT2D eigenvalue weighted by Crippen LogP contribution is -2.49. The molecule has 3 rings (SSSR count).